The summed E-state index contributed by atoms with van der Waals surface area (Å²) in [5.74, 6) is -0.219. The van der Waals surface area contributed by atoms with Crippen molar-refractivity contribution in [1.82, 2.24) is 4.98 Å². The molecular weight excluding hydrogens is 207 g/mol. The summed E-state index contributed by atoms with van der Waals surface area (Å²) in [6, 6.07) is 8.10. The number of methoxy groups -OCH3 is 1. The van der Waals surface area contributed by atoms with Gasteiger partial charge in [0.15, 0.2) is 11.6 Å². The molecule has 2 aromatic rings. The van der Waals surface area contributed by atoms with E-state index in [0.29, 0.717) is 16.9 Å². The highest BCUT2D eigenvalue weighted by Crippen LogP contribution is 2.27. The van der Waals surface area contributed by atoms with Crippen LogP contribution in [0.25, 0.3) is 11.3 Å². The van der Waals surface area contributed by atoms with Gasteiger partial charge in [0.2, 0.25) is 0 Å². The molecule has 0 aliphatic rings. The molecule has 2 rings (SSSR count). The molecule has 1 aromatic carbocycles. The van der Waals surface area contributed by atoms with Crippen molar-refractivity contribution in [3.63, 3.8) is 0 Å². The topological polar surface area (TPSA) is 48.1 Å². The standard InChI is InChI=1S/C12H11FN2O/c1-16-11-5-4-8(7-9(11)13)12-10(14)3-2-6-15-12/h2-7H,14H2,1H3. The van der Waals surface area contributed by atoms with Gasteiger partial charge in [0.25, 0.3) is 0 Å². The Kier molecular flexibility index (Phi) is 2.72. The fourth-order valence-electron chi connectivity index (χ4n) is 1.47. The van der Waals surface area contributed by atoms with E-state index in [1.807, 2.05) is 0 Å². The first-order chi connectivity index (χ1) is 7.72. The largest absolute Gasteiger partial charge is 0.494 e. The summed E-state index contributed by atoms with van der Waals surface area (Å²) in [4.78, 5) is 4.11. The van der Waals surface area contributed by atoms with Crippen LogP contribution in [-0.2, 0) is 0 Å². The van der Waals surface area contributed by atoms with Gasteiger partial charge in [-0.15, -0.1) is 0 Å². The van der Waals surface area contributed by atoms with Gasteiger partial charge >= 0.3 is 0 Å². The molecule has 4 heteroatoms. The zero-order valence-corrected chi connectivity index (χ0v) is 8.77. The van der Waals surface area contributed by atoms with Crippen LogP contribution in [0, 0.1) is 5.82 Å². The number of halogens is 1. The first-order valence-corrected chi connectivity index (χ1v) is 4.77. The molecule has 1 heterocycles. The second-order valence-corrected chi connectivity index (χ2v) is 3.29. The zero-order chi connectivity index (χ0) is 11.5. The molecule has 2 N–H and O–H groups in total. The molecule has 0 bridgehead atoms. The molecule has 3 nitrogen and oxygen atoms in total. The van der Waals surface area contributed by atoms with Gasteiger partial charge in [-0.1, -0.05) is 0 Å². The Morgan fingerprint density at radius 1 is 1.31 bits per heavy atom. The molecule has 0 aliphatic carbocycles. The van der Waals surface area contributed by atoms with Crippen LogP contribution in [0.4, 0.5) is 10.1 Å². The van der Waals surface area contributed by atoms with Crippen molar-refractivity contribution in [3.05, 3.63) is 42.3 Å². The van der Waals surface area contributed by atoms with Gasteiger partial charge in [-0.2, -0.15) is 0 Å². The van der Waals surface area contributed by atoms with Gasteiger partial charge in [0, 0.05) is 11.8 Å². The molecule has 0 radical (unpaired) electrons. The first kappa shape index (κ1) is 10.4. The van der Waals surface area contributed by atoms with Gasteiger partial charge in [0.1, 0.15) is 0 Å². The summed E-state index contributed by atoms with van der Waals surface area (Å²) in [6.45, 7) is 0. The molecule has 0 aliphatic heterocycles. The van der Waals surface area contributed by atoms with Crippen molar-refractivity contribution < 1.29 is 9.13 Å². The summed E-state index contributed by atoms with van der Waals surface area (Å²) in [6.07, 6.45) is 1.62. The van der Waals surface area contributed by atoms with Crippen LogP contribution in [0.3, 0.4) is 0 Å². The highest BCUT2D eigenvalue weighted by atomic mass is 19.1. The molecule has 0 saturated heterocycles. The van der Waals surface area contributed by atoms with Crippen molar-refractivity contribution >= 4 is 5.69 Å². The van der Waals surface area contributed by atoms with E-state index < -0.39 is 5.82 Å². The number of aromatic nitrogens is 1. The lowest BCUT2D eigenvalue weighted by molar-refractivity contribution is 0.386. The van der Waals surface area contributed by atoms with Gasteiger partial charge < -0.3 is 10.5 Å². The summed E-state index contributed by atoms with van der Waals surface area (Å²) in [5.41, 5.74) is 7.49. The zero-order valence-electron chi connectivity index (χ0n) is 8.77. The van der Waals surface area contributed by atoms with Crippen molar-refractivity contribution in [2.24, 2.45) is 0 Å². The second kappa shape index (κ2) is 4.18. The number of hydrogen-bond donors (Lipinski definition) is 1. The Bertz CT molecular complexity index is 514. The Morgan fingerprint density at radius 3 is 2.75 bits per heavy atom. The molecule has 82 valence electrons. The van der Waals surface area contributed by atoms with Crippen molar-refractivity contribution in [3.8, 4) is 17.0 Å². The number of benzene rings is 1. The lowest BCUT2D eigenvalue weighted by Gasteiger charge is -2.06. The smallest absolute Gasteiger partial charge is 0.165 e. The molecule has 0 amide bonds. The highest BCUT2D eigenvalue weighted by Gasteiger charge is 2.07. The Labute approximate surface area is 92.7 Å². The van der Waals surface area contributed by atoms with E-state index in [2.05, 4.69) is 4.98 Å². The van der Waals surface area contributed by atoms with E-state index in [1.165, 1.54) is 13.2 Å². The lowest BCUT2D eigenvalue weighted by atomic mass is 10.1. The van der Waals surface area contributed by atoms with E-state index in [4.69, 9.17) is 10.5 Å². The van der Waals surface area contributed by atoms with Crippen LogP contribution < -0.4 is 10.5 Å². The highest BCUT2D eigenvalue weighted by molar-refractivity contribution is 5.72. The molecule has 0 spiro atoms. The maximum atomic E-state index is 13.5. The normalized spacial score (nSPS) is 10.1. The molecule has 0 unspecified atom stereocenters. The number of nitrogens with zero attached hydrogens (tertiary/aromatic N) is 1. The van der Waals surface area contributed by atoms with Crippen LogP contribution in [0.2, 0.25) is 0 Å². The minimum Gasteiger partial charge on any atom is -0.494 e. The molecule has 16 heavy (non-hydrogen) atoms. The van der Waals surface area contributed by atoms with E-state index in [-0.39, 0.29) is 5.75 Å². The SMILES string of the molecule is COc1ccc(-c2ncccc2N)cc1F. The molecule has 0 saturated carbocycles. The number of rotatable bonds is 2. The molecular formula is C12H11FN2O. The summed E-state index contributed by atoms with van der Waals surface area (Å²) >= 11 is 0. The minimum absolute atomic E-state index is 0.207. The van der Waals surface area contributed by atoms with Crippen LogP contribution in [0.15, 0.2) is 36.5 Å². The van der Waals surface area contributed by atoms with Gasteiger partial charge in [-0.25, -0.2) is 4.39 Å². The van der Waals surface area contributed by atoms with Crippen LogP contribution >= 0.6 is 0 Å². The van der Waals surface area contributed by atoms with E-state index >= 15 is 0 Å². The van der Waals surface area contributed by atoms with E-state index in [9.17, 15) is 4.39 Å². The maximum Gasteiger partial charge on any atom is 0.165 e. The van der Waals surface area contributed by atoms with E-state index in [0.717, 1.165) is 0 Å². The average molecular weight is 218 g/mol. The number of nitrogen functional groups attached to an aromatic ring is 1. The van der Waals surface area contributed by atoms with Crippen LogP contribution in [-0.4, -0.2) is 12.1 Å². The Hall–Kier alpha value is -2.10. The third-order valence-corrected chi connectivity index (χ3v) is 2.26. The van der Waals surface area contributed by atoms with Gasteiger partial charge in [-0.3, -0.25) is 4.98 Å². The van der Waals surface area contributed by atoms with Gasteiger partial charge in [0.05, 0.1) is 18.5 Å². The summed E-state index contributed by atoms with van der Waals surface area (Å²) in [5, 5.41) is 0. The number of anilines is 1. The first-order valence-electron chi connectivity index (χ1n) is 4.77. The summed E-state index contributed by atoms with van der Waals surface area (Å²) in [7, 11) is 1.42. The van der Waals surface area contributed by atoms with E-state index in [1.54, 1.807) is 30.5 Å². The van der Waals surface area contributed by atoms with Gasteiger partial charge in [-0.05, 0) is 30.3 Å². The Balaban J connectivity index is 2.50. The quantitative estimate of drug-likeness (QED) is 0.842. The molecule has 0 atom stereocenters. The third kappa shape index (κ3) is 1.82. The maximum absolute atomic E-state index is 13.5. The van der Waals surface area contributed by atoms with Crippen LogP contribution in [0.5, 0.6) is 5.75 Å². The minimum atomic E-state index is -0.426. The fourth-order valence-corrected chi connectivity index (χ4v) is 1.47. The lowest BCUT2D eigenvalue weighted by Crippen LogP contribution is -1.94. The molecule has 0 fully saturated rings. The predicted molar refractivity (Wildman–Crippen MR) is 60.6 cm³/mol. The molecule has 1 aromatic heterocycles. The van der Waals surface area contributed by atoms with Crippen LogP contribution in [0.1, 0.15) is 0 Å². The fraction of sp³-hybridized carbons (Fsp3) is 0.0833. The summed E-state index contributed by atoms with van der Waals surface area (Å²) < 4.78 is 18.3. The average Bonchev–Trinajstić information content (AvgIpc) is 2.29. The monoisotopic (exact) mass is 218 g/mol. The number of nitrogens with two attached hydrogens (primary N) is 1. The van der Waals surface area contributed by atoms with Crippen molar-refractivity contribution in [2.45, 2.75) is 0 Å². The Morgan fingerprint density at radius 2 is 2.12 bits per heavy atom. The second-order valence-electron chi connectivity index (χ2n) is 3.29. The number of ether oxygens (including phenoxy) is 1. The predicted octanol–water partition coefficient (Wildman–Crippen LogP) is 2.48. The number of hydrogen-bond acceptors (Lipinski definition) is 3. The van der Waals surface area contributed by atoms with Crippen molar-refractivity contribution in [2.75, 3.05) is 12.8 Å². The van der Waals surface area contributed by atoms with Crippen molar-refractivity contribution in [1.29, 1.82) is 0 Å². The number of pyridine rings is 1. The third-order valence-electron chi connectivity index (χ3n) is 2.26.